The summed E-state index contributed by atoms with van der Waals surface area (Å²) in [5.41, 5.74) is -0.362. The minimum atomic E-state index is -4.73. The SMILES string of the molecule is CC(NC(=O)O)C(=O)NC(CC(=O)N1CCn2c(nnc2C(F)(F)F)C1)Cc1cc(F)c(F)cc1F. The Morgan fingerprint density at radius 1 is 1.06 bits per heavy atom. The fraction of sp³-hybridized carbons (Fsp3) is 0.450. The predicted molar refractivity (Wildman–Crippen MR) is 108 cm³/mol. The Morgan fingerprint density at radius 3 is 2.36 bits per heavy atom. The quantitative estimate of drug-likeness (QED) is 0.376. The molecule has 196 valence electrons. The molecule has 0 saturated heterocycles. The van der Waals surface area contributed by atoms with E-state index in [2.05, 4.69) is 15.5 Å². The number of carbonyl (C=O) groups excluding carboxylic acids is 2. The highest BCUT2D eigenvalue weighted by Gasteiger charge is 2.40. The van der Waals surface area contributed by atoms with Crippen LogP contribution in [0.25, 0.3) is 0 Å². The molecule has 0 spiro atoms. The maximum atomic E-state index is 14.2. The van der Waals surface area contributed by atoms with Gasteiger partial charge in [-0.1, -0.05) is 0 Å². The van der Waals surface area contributed by atoms with Gasteiger partial charge in [-0.05, 0) is 25.0 Å². The van der Waals surface area contributed by atoms with Gasteiger partial charge in [0.05, 0.1) is 6.54 Å². The van der Waals surface area contributed by atoms with E-state index < -0.39 is 72.3 Å². The van der Waals surface area contributed by atoms with Crippen LogP contribution in [-0.2, 0) is 35.3 Å². The van der Waals surface area contributed by atoms with E-state index >= 15 is 0 Å². The van der Waals surface area contributed by atoms with E-state index in [0.29, 0.717) is 12.1 Å². The second kappa shape index (κ2) is 10.4. The van der Waals surface area contributed by atoms with Gasteiger partial charge in [-0.3, -0.25) is 9.59 Å². The summed E-state index contributed by atoms with van der Waals surface area (Å²) < 4.78 is 81.1. The number of hydrogen-bond acceptors (Lipinski definition) is 5. The van der Waals surface area contributed by atoms with E-state index in [0.717, 1.165) is 9.47 Å². The summed E-state index contributed by atoms with van der Waals surface area (Å²) in [6.45, 7) is 0.483. The van der Waals surface area contributed by atoms with Crippen molar-refractivity contribution in [3.8, 4) is 0 Å². The Balaban J connectivity index is 1.77. The zero-order chi connectivity index (χ0) is 26.8. The predicted octanol–water partition coefficient (Wildman–Crippen LogP) is 1.83. The summed E-state index contributed by atoms with van der Waals surface area (Å²) in [4.78, 5) is 37.2. The lowest BCUT2D eigenvalue weighted by Crippen LogP contribution is -2.50. The van der Waals surface area contributed by atoms with Crippen molar-refractivity contribution in [2.45, 2.75) is 51.1 Å². The molecule has 3 amide bonds. The Labute approximate surface area is 199 Å². The van der Waals surface area contributed by atoms with Crippen molar-refractivity contribution in [2.75, 3.05) is 6.54 Å². The number of carbonyl (C=O) groups is 3. The van der Waals surface area contributed by atoms with Gasteiger partial charge >= 0.3 is 12.3 Å². The van der Waals surface area contributed by atoms with Crippen LogP contribution in [0.2, 0.25) is 0 Å². The van der Waals surface area contributed by atoms with E-state index in [1.807, 2.05) is 5.32 Å². The third-order valence-corrected chi connectivity index (χ3v) is 5.42. The summed E-state index contributed by atoms with van der Waals surface area (Å²) in [6.07, 6.45) is -7.22. The molecule has 0 bridgehead atoms. The number of aromatic nitrogens is 3. The van der Waals surface area contributed by atoms with Crippen molar-refractivity contribution in [3.05, 3.63) is 46.8 Å². The van der Waals surface area contributed by atoms with E-state index in [1.54, 1.807) is 0 Å². The molecule has 1 aliphatic heterocycles. The van der Waals surface area contributed by atoms with E-state index in [-0.39, 0.29) is 31.0 Å². The monoisotopic (exact) mass is 522 g/mol. The van der Waals surface area contributed by atoms with Crippen LogP contribution in [0.5, 0.6) is 0 Å². The number of alkyl halides is 3. The Hall–Kier alpha value is -3.85. The number of nitrogens with zero attached hydrogens (tertiary/aromatic N) is 4. The van der Waals surface area contributed by atoms with Crippen molar-refractivity contribution in [2.24, 2.45) is 0 Å². The number of fused-ring (bicyclic) bond motifs is 1. The standard InChI is InChI=1S/C20H20F6N6O4/c1-9(27-19(35)36)17(34)28-11(4-10-5-13(22)14(23)7-12(10)21)6-16(33)31-2-3-32-15(8-31)29-30-18(32)20(24,25)26/h5,7,9,11,27H,2-4,6,8H2,1H3,(H,28,34)(H,35,36). The molecule has 0 saturated carbocycles. The third-order valence-electron chi connectivity index (χ3n) is 5.42. The molecule has 2 atom stereocenters. The average Bonchev–Trinajstić information content (AvgIpc) is 3.20. The van der Waals surface area contributed by atoms with Crippen molar-refractivity contribution in [3.63, 3.8) is 0 Å². The van der Waals surface area contributed by atoms with Crippen molar-refractivity contribution in [1.82, 2.24) is 30.3 Å². The normalized spacial score (nSPS) is 15.1. The van der Waals surface area contributed by atoms with E-state index in [1.165, 1.54) is 6.92 Å². The Kier molecular flexibility index (Phi) is 7.74. The van der Waals surface area contributed by atoms with Crippen LogP contribution >= 0.6 is 0 Å². The maximum absolute atomic E-state index is 14.2. The molecule has 0 aliphatic carbocycles. The van der Waals surface area contributed by atoms with Gasteiger partial charge in [0.25, 0.3) is 0 Å². The van der Waals surface area contributed by atoms with Crippen LogP contribution in [0, 0.1) is 17.5 Å². The van der Waals surface area contributed by atoms with Gasteiger partial charge in [0.1, 0.15) is 11.9 Å². The molecular weight excluding hydrogens is 502 g/mol. The van der Waals surface area contributed by atoms with Crippen LogP contribution < -0.4 is 10.6 Å². The van der Waals surface area contributed by atoms with Crippen LogP contribution in [0.1, 0.15) is 30.6 Å². The molecule has 36 heavy (non-hydrogen) atoms. The van der Waals surface area contributed by atoms with Gasteiger partial charge in [0, 0.05) is 31.6 Å². The van der Waals surface area contributed by atoms with Gasteiger partial charge in [-0.2, -0.15) is 13.2 Å². The lowest BCUT2D eigenvalue weighted by atomic mass is 10.0. The molecule has 1 aromatic carbocycles. The van der Waals surface area contributed by atoms with Gasteiger partial charge in [0.2, 0.25) is 17.6 Å². The van der Waals surface area contributed by atoms with Gasteiger partial charge in [0.15, 0.2) is 17.5 Å². The number of hydrogen-bond donors (Lipinski definition) is 3. The number of rotatable bonds is 7. The second-order valence-corrected chi connectivity index (χ2v) is 8.05. The van der Waals surface area contributed by atoms with Crippen LogP contribution in [0.4, 0.5) is 31.1 Å². The number of carboxylic acid groups (broad SMARTS) is 1. The smallest absolute Gasteiger partial charge is 0.451 e. The maximum Gasteiger partial charge on any atom is 0.451 e. The minimum absolute atomic E-state index is 0.117. The molecule has 0 fully saturated rings. The fourth-order valence-electron chi connectivity index (χ4n) is 3.66. The summed E-state index contributed by atoms with van der Waals surface area (Å²) in [5.74, 6) is -6.81. The van der Waals surface area contributed by atoms with Crippen LogP contribution in [0.3, 0.4) is 0 Å². The van der Waals surface area contributed by atoms with Gasteiger partial charge < -0.3 is 25.2 Å². The highest BCUT2D eigenvalue weighted by atomic mass is 19.4. The van der Waals surface area contributed by atoms with Gasteiger partial charge in [-0.25, -0.2) is 18.0 Å². The Bertz CT molecular complexity index is 1170. The van der Waals surface area contributed by atoms with Crippen LogP contribution in [0.15, 0.2) is 12.1 Å². The first kappa shape index (κ1) is 26.7. The molecule has 2 aromatic rings. The molecule has 3 rings (SSSR count). The fourth-order valence-corrected chi connectivity index (χ4v) is 3.66. The van der Waals surface area contributed by atoms with Crippen molar-refractivity contribution >= 4 is 17.9 Å². The highest BCUT2D eigenvalue weighted by Crippen LogP contribution is 2.29. The zero-order valence-electron chi connectivity index (χ0n) is 18.6. The first-order valence-corrected chi connectivity index (χ1v) is 10.5. The van der Waals surface area contributed by atoms with Crippen molar-refractivity contribution in [1.29, 1.82) is 0 Å². The molecule has 16 heteroatoms. The molecule has 0 radical (unpaired) electrons. The zero-order valence-corrected chi connectivity index (χ0v) is 18.6. The summed E-state index contributed by atoms with van der Waals surface area (Å²) >= 11 is 0. The van der Waals surface area contributed by atoms with E-state index in [4.69, 9.17) is 5.11 Å². The summed E-state index contributed by atoms with van der Waals surface area (Å²) in [5, 5.41) is 19.6. The first-order chi connectivity index (χ1) is 16.8. The third kappa shape index (κ3) is 6.23. The number of nitrogens with one attached hydrogen (secondary N) is 2. The molecule has 2 unspecified atom stereocenters. The number of amides is 3. The highest BCUT2D eigenvalue weighted by molar-refractivity contribution is 5.86. The molecule has 10 nitrogen and oxygen atoms in total. The van der Waals surface area contributed by atoms with Crippen LogP contribution in [-0.4, -0.2) is 61.3 Å². The summed E-state index contributed by atoms with van der Waals surface area (Å²) in [7, 11) is 0. The average molecular weight is 522 g/mol. The molecule has 3 N–H and O–H groups in total. The molecule has 1 aromatic heterocycles. The first-order valence-electron chi connectivity index (χ1n) is 10.5. The van der Waals surface area contributed by atoms with Gasteiger partial charge in [-0.15, -0.1) is 10.2 Å². The summed E-state index contributed by atoms with van der Waals surface area (Å²) in [6, 6.07) is -1.61. The topological polar surface area (TPSA) is 129 Å². The number of halogens is 6. The Morgan fingerprint density at radius 2 is 1.72 bits per heavy atom. The molecule has 1 aliphatic rings. The van der Waals surface area contributed by atoms with E-state index in [9.17, 15) is 40.7 Å². The molecular formula is C20H20F6N6O4. The lowest BCUT2D eigenvalue weighted by molar-refractivity contribution is -0.148. The van der Waals surface area contributed by atoms with Crippen molar-refractivity contribution < 1.29 is 45.8 Å². The second-order valence-electron chi connectivity index (χ2n) is 8.05. The largest absolute Gasteiger partial charge is 0.465 e. The lowest BCUT2D eigenvalue weighted by Gasteiger charge is -2.30. The minimum Gasteiger partial charge on any atom is -0.465 e. The number of benzene rings is 1. The molecule has 2 heterocycles.